The van der Waals surface area contributed by atoms with E-state index in [-0.39, 0.29) is 0 Å². The lowest BCUT2D eigenvalue weighted by Gasteiger charge is -2.35. The second-order valence-corrected chi connectivity index (χ2v) is 19.0. The molecule has 0 bridgehead atoms. The van der Waals surface area contributed by atoms with Gasteiger partial charge in [-0.1, -0.05) is 158 Å². The second kappa shape index (κ2) is 15.5. The first-order chi connectivity index (χ1) is 31.6. The molecule has 12 rings (SSSR count). The van der Waals surface area contributed by atoms with Gasteiger partial charge in [-0.25, -0.2) is 0 Å². The van der Waals surface area contributed by atoms with Crippen LogP contribution in [-0.2, 0) is 5.41 Å². The first-order valence-electron chi connectivity index (χ1n) is 22.0. The Morgan fingerprint density at radius 1 is 0.438 bits per heavy atom. The van der Waals surface area contributed by atoms with Crippen molar-refractivity contribution in [3.63, 3.8) is 0 Å². The van der Waals surface area contributed by atoms with Crippen molar-refractivity contribution in [2.75, 3.05) is 4.90 Å². The van der Waals surface area contributed by atoms with Gasteiger partial charge in [0.1, 0.15) is 0 Å². The summed E-state index contributed by atoms with van der Waals surface area (Å²) in [5.74, 6) is 0. The molecule has 0 amide bonds. The molecule has 64 heavy (non-hydrogen) atoms. The third-order valence-electron chi connectivity index (χ3n) is 13.3. The molecule has 1 aliphatic carbocycles. The third-order valence-corrected chi connectivity index (χ3v) is 15.6. The first kappa shape index (κ1) is 38.4. The Morgan fingerprint density at radius 2 is 1.00 bits per heavy atom. The summed E-state index contributed by atoms with van der Waals surface area (Å²) in [6.45, 7) is 4.42. The summed E-state index contributed by atoms with van der Waals surface area (Å²) in [7, 11) is 0. The minimum Gasteiger partial charge on any atom is -0.311 e. The highest BCUT2D eigenvalue weighted by molar-refractivity contribution is 7.26. The number of benzene rings is 9. The Labute approximate surface area is 382 Å². The van der Waals surface area contributed by atoms with E-state index in [1.807, 2.05) is 22.7 Å². The molecule has 1 aliphatic rings. The Hall–Kier alpha value is -7.30. The van der Waals surface area contributed by atoms with Crippen LogP contribution in [0.4, 0.5) is 11.4 Å². The molecule has 0 saturated heterocycles. The summed E-state index contributed by atoms with van der Waals surface area (Å²) >= 11 is 3.73. The Bertz CT molecular complexity index is 3600. The molecule has 304 valence electrons. The molecule has 0 radical (unpaired) electrons. The number of hydrogen-bond donors (Lipinski definition) is 0. The van der Waals surface area contributed by atoms with Crippen molar-refractivity contribution >= 4 is 80.0 Å². The lowest BCUT2D eigenvalue weighted by atomic mass is 9.67. The van der Waals surface area contributed by atoms with Crippen LogP contribution in [0.3, 0.4) is 0 Å². The molecule has 0 N–H and O–H groups in total. The number of rotatable bonds is 8. The fourth-order valence-corrected chi connectivity index (χ4v) is 12.5. The van der Waals surface area contributed by atoms with Crippen molar-refractivity contribution < 1.29 is 0 Å². The fourth-order valence-electron chi connectivity index (χ4n) is 10.3. The van der Waals surface area contributed by atoms with Crippen LogP contribution in [0.5, 0.6) is 0 Å². The van der Waals surface area contributed by atoms with Gasteiger partial charge < -0.3 is 4.90 Å². The zero-order chi connectivity index (χ0) is 42.8. The molecular weight excluding hydrogens is 811 g/mol. The molecule has 0 spiro atoms. The smallest absolute Gasteiger partial charge is 0.0714 e. The molecule has 1 nitrogen and oxygen atoms in total. The summed E-state index contributed by atoms with van der Waals surface area (Å²) in [6.07, 6.45) is 4.64. The first-order valence-corrected chi connectivity index (χ1v) is 23.7. The number of anilines is 2. The zero-order valence-electron chi connectivity index (χ0n) is 35.6. The number of thiophene rings is 2. The highest BCUT2D eigenvalue weighted by Gasteiger charge is 2.46. The quantitative estimate of drug-likeness (QED) is 0.138. The van der Waals surface area contributed by atoms with E-state index < -0.39 is 5.41 Å². The Kier molecular flexibility index (Phi) is 9.29. The summed E-state index contributed by atoms with van der Waals surface area (Å²) in [6, 6.07) is 78.9. The Balaban J connectivity index is 1.06. The molecule has 0 aliphatic heterocycles. The molecular formula is C61H43NS2. The van der Waals surface area contributed by atoms with Gasteiger partial charge in [0.15, 0.2) is 0 Å². The van der Waals surface area contributed by atoms with E-state index >= 15 is 0 Å². The standard InChI is InChI=1S/C61H43NS2/c1-3-46(35-40(2)41-29-33-59-53(37-41)51-24-11-14-27-57(51)63-59)62(47-22-16-17-42(36-47)43-30-34-60-54(38-43)52-25-12-15-28-58(52)64-60)48-31-32-50-49-23-10-13-26-55(49)61(56(50)39-48,44-18-6-4-7-19-44)45-20-8-5-9-21-45/h3-39H,1-2H3/b40-35+,46-3+. The van der Waals surface area contributed by atoms with Gasteiger partial charge in [-0.05, 0) is 136 Å². The van der Waals surface area contributed by atoms with E-state index in [1.165, 1.54) is 96.0 Å². The molecule has 0 unspecified atom stereocenters. The van der Waals surface area contributed by atoms with Crippen molar-refractivity contribution in [1.82, 2.24) is 0 Å². The van der Waals surface area contributed by atoms with Crippen LogP contribution < -0.4 is 4.90 Å². The van der Waals surface area contributed by atoms with E-state index in [1.54, 1.807) is 0 Å². The molecule has 0 fully saturated rings. The van der Waals surface area contributed by atoms with E-state index in [0.717, 1.165) is 17.1 Å². The molecule has 2 aromatic heterocycles. The van der Waals surface area contributed by atoms with Crippen LogP contribution in [0, 0.1) is 0 Å². The maximum Gasteiger partial charge on any atom is 0.0714 e. The number of nitrogens with zero attached hydrogens (tertiary/aromatic N) is 1. The minimum atomic E-state index is -0.517. The second-order valence-electron chi connectivity index (χ2n) is 16.8. The molecule has 0 atom stereocenters. The summed E-state index contributed by atoms with van der Waals surface area (Å²) in [5.41, 5.74) is 15.3. The van der Waals surface area contributed by atoms with Gasteiger partial charge in [0.25, 0.3) is 0 Å². The minimum absolute atomic E-state index is 0.517. The summed E-state index contributed by atoms with van der Waals surface area (Å²) in [5, 5.41) is 5.24. The molecule has 11 aromatic rings. The van der Waals surface area contributed by atoms with E-state index in [9.17, 15) is 0 Å². The van der Waals surface area contributed by atoms with Crippen molar-refractivity contribution in [1.29, 1.82) is 0 Å². The van der Waals surface area contributed by atoms with E-state index in [2.05, 4.69) is 243 Å². The lowest BCUT2D eigenvalue weighted by molar-refractivity contribution is 0.768. The fraction of sp³-hybridized carbons (Fsp3) is 0.0492. The van der Waals surface area contributed by atoms with Gasteiger partial charge in [0.05, 0.1) is 5.41 Å². The van der Waals surface area contributed by atoms with Gasteiger partial charge in [-0.3, -0.25) is 0 Å². The molecule has 3 heteroatoms. The molecule has 2 heterocycles. The molecule has 0 saturated carbocycles. The summed E-state index contributed by atoms with van der Waals surface area (Å²) < 4.78 is 5.27. The zero-order valence-corrected chi connectivity index (χ0v) is 37.3. The van der Waals surface area contributed by atoms with Gasteiger partial charge in [0.2, 0.25) is 0 Å². The van der Waals surface area contributed by atoms with E-state index in [4.69, 9.17) is 0 Å². The normalized spacial score (nSPS) is 13.5. The van der Waals surface area contributed by atoms with Crippen LogP contribution >= 0.6 is 22.7 Å². The average Bonchev–Trinajstić information content (AvgIpc) is 4.02. The van der Waals surface area contributed by atoms with Crippen molar-refractivity contribution in [3.8, 4) is 22.3 Å². The van der Waals surface area contributed by atoms with Gasteiger partial charge in [-0.15, -0.1) is 22.7 Å². The van der Waals surface area contributed by atoms with Crippen molar-refractivity contribution in [3.05, 3.63) is 258 Å². The highest BCUT2D eigenvalue weighted by atomic mass is 32.1. The van der Waals surface area contributed by atoms with Gasteiger partial charge in [-0.2, -0.15) is 0 Å². The van der Waals surface area contributed by atoms with E-state index in [0.29, 0.717) is 0 Å². The third kappa shape index (κ3) is 6.11. The summed E-state index contributed by atoms with van der Waals surface area (Å²) in [4.78, 5) is 2.47. The van der Waals surface area contributed by atoms with Crippen LogP contribution in [0.25, 0.3) is 68.2 Å². The number of fused-ring (bicyclic) bond motifs is 9. The maximum atomic E-state index is 2.47. The van der Waals surface area contributed by atoms with Crippen LogP contribution in [-0.4, -0.2) is 0 Å². The van der Waals surface area contributed by atoms with Crippen LogP contribution in [0.2, 0.25) is 0 Å². The van der Waals surface area contributed by atoms with Crippen molar-refractivity contribution in [2.45, 2.75) is 19.3 Å². The predicted octanol–water partition coefficient (Wildman–Crippen LogP) is 17.6. The number of allylic oxidation sites excluding steroid dienone is 3. The average molecular weight is 854 g/mol. The Morgan fingerprint density at radius 3 is 1.70 bits per heavy atom. The van der Waals surface area contributed by atoms with Gasteiger partial charge >= 0.3 is 0 Å². The predicted molar refractivity (Wildman–Crippen MR) is 277 cm³/mol. The maximum absolute atomic E-state index is 2.47. The topological polar surface area (TPSA) is 3.24 Å². The number of hydrogen-bond acceptors (Lipinski definition) is 3. The van der Waals surface area contributed by atoms with Crippen LogP contribution in [0.15, 0.2) is 230 Å². The highest BCUT2D eigenvalue weighted by Crippen LogP contribution is 2.57. The van der Waals surface area contributed by atoms with Gasteiger partial charge in [0, 0.05) is 57.4 Å². The molecule has 9 aromatic carbocycles. The van der Waals surface area contributed by atoms with Crippen LogP contribution in [0.1, 0.15) is 41.7 Å². The van der Waals surface area contributed by atoms with Crippen molar-refractivity contribution in [2.24, 2.45) is 0 Å². The SMILES string of the molecule is C/C=C(\C=C(/C)c1ccc2sc3ccccc3c2c1)N(c1cccc(-c2ccc3sc4ccccc4c3c2)c1)c1ccc2c(c1)C(c1ccccc1)(c1ccccc1)c1ccccc1-2. The lowest BCUT2D eigenvalue weighted by Crippen LogP contribution is -2.28. The monoisotopic (exact) mass is 853 g/mol. The largest absolute Gasteiger partial charge is 0.311 e.